The molecule has 204 valence electrons. The molecule has 0 saturated heterocycles. The van der Waals surface area contributed by atoms with Crippen LogP contribution in [-0.2, 0) is 13.0 Å². The van der Waals surface area contributed by atoms with E-state index in [1.165, 1.54) is 24.0 Å². The van der Waals surface area contributed by atoms with E-state index in [-0.39, 0.29) is 11.6 Å². The lowest BCUT2D eigenvalue weighted by atomic mass is 9.98. The summed E-state index contributed by atoms with van der Waals surface area (Å²) in [6.07, 6.45) is 5.30. The van der Waals surface area contributed by atoms with Crippen molar-refractivity contribution in [1.29, 1.82) is 0 Å². The maximum Gasteiger partial charge on any atom is 0.253 e. The molecule has 0 spiro atoms. The SMILES string of the molecule is Cc1ccc(C)c2[nH]c(=O)c([C@@H](c3nnnn3C3CCCC3)N(CCc3ccccc3)Cc3ccccc3)cc12. The Bertz CT molecular complexity index is 1640. The van der Waals surface area contributed by atoms with Crippen LogP contribution in [0, 0.1) is 13.8 Å². The number of benzene rings is 3. The number of hydrogen-bond donors (Lipinski definition) is 1. The molecule has 2 aromatic heterocycles. The van der Waals surface area contributed by atoms with Gasteiger partial charge in [-0.3, -0.25) is 9.69 Å². The minimum atomic E-state index is -0.410. The average molecular weight is 533 g/mol. The Balaban J connectivity index is 1.52. The lowest BCUT2D eigenvalue weighted by molar-refractivity contribution is 0.201. The molecule has 1 aliphatic carbocycles. The number of aromatic nitrogens is 5. The summed E-state index contributed by atoms with van der Waals surface area (Å²) >= 11 is 0. The Labute approximate surface area is 234 Å². The van der Waals surface area contributed by atoms with E-state index in [0.717, 1.165) is 53.7 Å². The molecule has 0 bridgehead atoms. The number of H-pyrrole nitrogens is 1. The van der Waals surface area contributed by atoms with Crippen LogP contribution < -0.4 is 5.56 Å². The molecule has 0 amide bonds. The number of nitrogens with zero attached hydrogens (tertiary/aromatic N) is 5. The number of fused-ring (bicyclic) bond motifs is 1. The van der Waals surface area contributed by atoms with Gasteiger partial charge in [-0.1, -0.05) is 85.6 Å². The fraction of sp³-hybridized carbons (Fsp3) is 0.333. The molecule has 1 N–H and O–H groups in total. The van der Waals surface area contributed by atoms with Gasteiger partial charge in [0.15, 0.2) is 5.82 Å². The van der Waals surface area contributed by atoms with Crippen LogP contribution in [0.4, 0.5) is 0 Å². The van der Waals surface area contributed by atoms with Gasteiger partial charge in [-0.05, 0) is 71.9 Å². The largest absolute Gasteiger partial charge is 0.321 e. The van der Waals surface area contributed by atoms with Crippen LogP contribution in [0.2, 0.25) is 0 Å². The van der Waals surface area contributed by atoms with Crippen LogP contribution >= 0.6 is 0 Å². The number of nitrogens with one attached hydrogen (secondary N) is 1. The van der Waals surface area contributed by atoms with Gasteiger partial charge < -0.3 is 4.98 Å². The maximum atomic E-state index is 13.9. The second-order valence-electron chi connectivity index (χ2n) is 11.1. The molecule has 3 aromatic carbocycles. The number of aromatic amines is 1. The first-order chi connectivity index (χ1) is 19.6. The Morgan fingerprint density at radius 1 is 0.925 bits per heavy atom. The number of hydrogen-bond acceptors (Lipinski definition) is 5. The van der Waals surface area contributed by atoms with E-state index in [9.17, 15) is 4.79 Å². The Kier molecular flexibility index (Phi) is 7.55. The quantitative estimate of drug-likeness (QED) is 0.249. The van der Waals surface area contributed by atoms with E-state index < -0.39 is 6.04 Å². The standard InChI is InChI=1S/C33H36N6O/c1-23-17-18-24(2)30-28(23)21-29(33(40)34-30)31(32-35-36-37-39(32)27-15-9-10-16-27)38(22-26-13-7-4-8-14-26)20-19-25-11-5-3-6-12-25/h3-8,11-14,17-18,21,27,31H,9-10,15-16,19-20,22H2,1-2H3,(H,34,40)/t31-/m0/s1. The van der Waals surface area contributed by atoms with Crippen molar-refractivity contribution < 1.29 is 0 Å². The highest BCUT2D eigenvalue weighted by Gasteiger charge is 2.33. The Morgan fingerprint density at radius 2 is 1.60 bits per heavy atom. The zero-order valence-corrected chi connectivity index (χ0v) is 23.3. The van der Waals surface area contributed by atoms with Gasteiger partial charge in [0.1, 0.15) is 6.04 Å². The van der Waals surface area contributed by atoms with Crippen molar-refractivity contribution in [2.24, 2.45) is 0 Å². The summed E-state index contributed by atoms with van der Waals surface area (Å²) in [5.41, 5.74) is 6.11. The van der Waals surface area contributed by atoms with Crippen molar-refractivity contribution in [3.63, 3.8) is 0 Å². The van der Waals surface area contributed by atoms with Crippen molar-refractivity contribution >= 4 is 10.9 Å². The molecule has 0 radical (unpaired) electrons. The van der Waals surface area contributed by atoms with E-state index in [4.69, 9.17) is 0 Å². The van der Waals surface area contributed by atoms with Gasteiger partial charge in [-0.2, -0.15) is 0 Å². The second kappa shape index (κ2) is 11.6. The Morgan fingerprint density at radius 3 is 2.33 bits per heavy atom. The monoisotopic (exact) mass is 532 g/mol. The van der Waals surface area contributed by atoms with E-state index in [2.05, 4.69) is 99.1 Å². The number of rotatable bonds is 9. The zero-order valence-electron chi connectivity index (χ0n) is 23.3. The molecular weight excluding hydrogens is 496 g/mol. The summed E-state index contributed by atoms with van der Waals surface area (Å²) in [5, 5.41) is 14.3. The maximum absolute atomic E-state index is 13.9. The highest BCUT2D eigenvalue weighted by Crippen LogP contribution is 2.35. The van der Waals surface area contributed by atoms with E-state index >= 15 is 0 Å². The van der Waals surface area contributed by atoms with Crippen molar-refractivity contribution in [3.05, 3.63) is 123 Å². The van der Waals surface area contributed by atoms with Gasteiger partial charge in [0.05, 0.1) is 11.6 Å². The first-order valence-corrected chi connectivity index (χ1v) is 14.3. The van der Waals surface area contributed by atoms with Crippen LogP contribution in [0.3, 0.4) is 0 Å². The molecule has 0 aliphatic heterocycles. The molecule has 40 heavy (non-hydrogen) atoms. The minimum absolute atomic E-state index is 0.0926. The number of tetrazole rings is 1. The van der Waals surface area contributed by atoms with Crippen molar-refractivity contribution in [3.8, 4) is 0 Å². The molecule has 2 heterocycles. The zero-order chi connectivity index (χ0) is 27.5. The smallest absolute Gasteiger partial charge is 0.253 e. The van der Waals surface area contributed by atoms with E-state index in [1.54, 1.807) is 0 Å². The highest BCUT2D eigenvalue weighted by atomic mass is 16.1. The molecule has 6 rings (SSSR count). The van der Waals surface area contributed by atoms with Gasteiger partial charge in [0, 0.05) is 24.0 Å². The number of pyridine rings is 1. The molecule has 1 fully saturated rings. The second-order valence-corrected chi connectivity index (χ2v) is 11.1. The first-order valence-electron chi connectivity index (χ1n) is 14.3. The lowest BCUT2D eigenvalue weighted by Crippen LogP contribution is -2.36. The van der Waals surface area contributed by atoms with Crippen molar-refractivity contribution in [2.45, 2.75) is 64.6 Å². The average Bonchev–Trinajstić information content (AvgIpc) is 3.68. The normalized spacial score (nSPS) is 14.8. The number of aryl methyl sites for hydroxylation is 2. The van der Waals surface area contributed by atoms with E-state index in [1.807, 2.05) is 23.7 Å². The third kappa shape index (κ3) is 5.34. The highest BCUT2D eigenvalue weighted by molar-refractivity contribution is 5.85. The summed E-state index contributed by atoms with van der Waals surface area (Å²) in [6, 6.07) is 27.1. The summed E-state index contributed by atoms with van der Waals surface area (Å²) in [7, 11) is 0. The van der Waals surface area contributed by atoms with Crippen LogP contribution in [0.25, 0.3) is 10.9 Å². The van der Waals surface area contributed by atoms with Crippen LogP contribution in [0.15, 0.2) is 83.7 Å². The molecule has 1 saturated carbocycles. The summed E-state index contributed by atoms with van der Waals surface area (Å²) in [5.74, 6) is 0.742. The van der Waals surface area contributed by atoms with Gasteiger partial charge in [0.25, 0.3) is 5.56 Å². The molecule has 1 atom stereocenters. The fourth-order valence-corrected chi connectivity index (χ4v) is 6.12. The minimum Gasteiger partial charge on any atom is -0.321 e. The predicted molar refractivity (Wildman–Crippen MR) is 158 cm³/mol. The van der Waals surface area contributed by atoms with Crippen molar-refractivity contribution in [2.75, 3.05) is 6.54 Å². The first kappa shape index (κ1) is 26.1. The van der Waals surface area contributed by atoms with Gasteiger partial charge >= 0.3 is 0 Å². The van der Waals surface area contributed by atoms with Crippen LogP contribution in [0.1, 0.15) is 71.4 Å². The molecule has 5 aromatic rings. The lowest BCUT2D eigenvalue weighted by Gasteiger charge is -2.32. The fourth-order valence-electron chi connectivity index (χ4n) is 6.12. The molecule has 7 heteroatoms. The summed E-state index contributed by atoms with van der Waals surface area (Å²) in [4.78, 5) is 19.5. The van der Waals surface area contributed by atoms with Gasteiger partial charge in [-0.25, -0.2) is 4.68 Å². The third-order valence-corrected chi connectivity index (χ3v) is 8.32. The Hall–Kier alpha value is -4.10. The van der Waals surface area contributed by atoms with Crippen LogP contribution in [-0.4, -0.2) is 36.6 Å². The van der Waals surface area contributed by atoms with Crippen LogP contribution in [0.5, 0.6) is 0 Å². The molecular formula is C33H36N6O. The van der Waals surface area contributed by atoms with Crippen molar-refractivity contribution in [1.82, 2.24) is 30.1 Å². The predicted octanol–water partition coefficient (Wildman–Crippen LogP) is 6.08. The van der Waals surface area contributed by atoms with Gasteiger partial charge in [-0.15, -0.1) is 5.10 Å². The molecule has 7 nitrogen and oxygen atoms in total. The third-order valence-electron chi connectivity index (χ3n) is 8.32. The topological polar surface area (TPSA) is 79.7 Å². The van der Waals surface area contributed by atoms with E-state index in [0.29, 0.717) is 12.1 Å². The molecule has 0 unspecified atom stereocenters. The summed E-state index contributed by atoms with van der Waals surface area (Å²) < 4.78 is 2.00. The summed E-state index contributed by atoms with van der Waals surface area (Å²) in [6.45, 7) is 5.54. The molecule has 1 aliphatic rings. The van der Waals surface area contributed by atoms with Gasteiger partial charge in [0.2, 0.25) is 0 Å².